The van der Waals surface area contributed by atoms with Gasteiger partial charge in [-0.25, -0.2) is 5.01 Å². The van der Waals surface area contributed by atoms with Crippen molar-refractivity contribution in [1.29, 1.82) is 0 Å². The van der Waals surface area contributed by atoms with Crippen LogP contribution in [0.1, 0.15) is 25.0 Å². The summed E-state index contributed by atoms with van der Waals surface area (Å²) >= 11 is 0. The molecule has 5 nitrogen and oxygen atoms in total. The van der Waals surface area contributed by atoms with Crippen LogP contribution < -0.4 is 5.73 Å². The lowest BCUT2D eigenvalue weighted by Gasteiger charge is -2.27. The number of aliphatic imine (C=N–C) groups is 1. The molecule has 1 heterocycles. The standard InChI is InChI=1S/C22H29N5/c1-4-26(3)17-24-20(15-23)27-16-22(2,19-13-9-6-10-14-19)21(25-27)18-11-7-5-8-12-18/h5-14H,4,15-17,23H2,1-3H3/b24-20+. The van der Waals surface area contributed by atoms with Crippen LogP contribution >= 0.6 is 0 Å². The molecule has 2 N–H and O–H groups in total. The summed E-state index contributed by atoms with van der Waals surface area (Å²) in [4.78, 5) is 6.86. The van der Waals surface area contributed by atoms with Gasteiger partial charge in [0, 0.05) is 0 Å². The van der Waals surface area contributed by atoms with Gasteiger partial charge < -0.3 is 5.73 Å². The van der Waals surface area contributed by atoms with Crippen molar-refractivity contribution in [3.05, 3.63) is 71.8 Å². The smallest absolute Gasteiger partial charge is 0.135 e. The topological polar surface area (TPSA) is 57.2 Å². The fourth-order valence-electron chi connectivity index (χ4n) is 3.35. The Bertz CT molecular complexity index is 800. The molecule has 0 bridgehead atoms. The molecule has 0 aliphatic carbocycles. The molecule has 5 heteroatoms. The summed E-state index contributed by atoms with van der Waals surface area (Å²) < 4.78 is 0. The number of nitrogens with zero attached hydrogens (tertiary/aromatic N) is 4. The van der Waals surface area contributed by atoms with E-state index < -0.39 is 0 Å². The third-order valence-corrected chi connectivity index (χ3v) is 5.18. The summed E-state index contributed by atoms with van der Waals surface area (Å²) in [6.07, 6.45) is 0. The Labute approximate surface area is 162 Å². The van der Waals surface area contributed by atoms with Gasteiger partial charge in [0.1, 0.15) is 5.84 Å². The SMILES string of the molecule is CCN(C)C/N=C(\CN)N1CC(C)(c2ccccc2)C(c2ccccc2)=N1. The lowest BCUT2D eigenvalue weighted by molar-refractivity contribution is 0.358. The van der Waals surface area contributed by atoms with E-state index in [1.807, 2.05) is 24.2 Å². The van der Waals surface area contributed by atoms with Crippen LogP contribution in [0.2, 0.25) is 0 Å². The number of amidine groups is 1. The normalized spacial score (nSPS) is 20.3. The van der Waals surface area contributed by atoms with Crippen molar-refractivity contribution in [1.82, 2.24) is 9.91 Å². The molecule has 0 amide bonds. The van der Waals surface area contributed by atoms with Crippen molar-refractivity contribution in [2.45, 2.75) is 19.3 Å². The first-order valence-electron chi connectivity index (χ1n) is 9.48. The van der Waals surface area contributed by atoms with Crippen LogP contribution in [0, 0.1) is 0 Å². The summed E-state index contributed by atoms with van der Waals surface area (Å²) in [5.41, 5.74) is 9.24. The third-order valence-electron chi connectivity index (χ3n) is 5.18. The van der Waals surface area contributed by atoms with Gasteiger partial charge in [0.05, 0.1) is 30.9 Å². The van der Waals surface area contributed by atoms with E-state index in [-0.39, 0.29) is 5.41 Å². The maximum Gasteiger partial charge on any atom is 0.135 e. The quantitative estimate of drug-likeness (QED) is 0.634. The van der Waals surface area contributed by atoms with Crippen molar-refractivity contribution in [2.75, 3.05) is 33.4 Å². The lowest BCUT2D eigenvalue weighted by Crippen LogP contribution is -2.39. The molecule has 142 valence electrons. The Hall–Kier alpha value is -2.50. The van der Waals surface area contributed by atoms with E-state index in [0.29, 0.717) is 13.2 Å². The van der Waals surface area contributed by atoms with Crippen LogP contribution in [0.5, 0.6) is 0 Å². The van der Waals surface area contributed by atoms with Crippen molar-refractivity contribution in [3.8, 4) is 0 Å². The number of hydrazone groups is 1. The zero-order chi connectivity index (χ0) is 19.3. The molecule has 27 heavy (non-hydrogen) atoms. The van der Waals surface area contributed by atoms with Crippen LogP contribution in [0.25, 0.3) is 0 Å². The highest BCUT2D eigenvalue weighted by atomic mass is 15.5. The second kappa shape index (κ2) is 8.46. The minimum atomic E-state index is -0.227. The van der Waals surface area contributed by atoms with Crippen molar-refractivity contribution in [3.63, 3.8) is 0 Å². The zero-order valence-corrected chi connectivity index (χ0v) is 16.5. The first-order valence-corrected chi connectivity index (χ1v) is 9.48. The van der Waals surface area contributed by atoms with Crippen molar-refractivity contribution < 1.29 is 0 Å². The Morgan fingerprint density at radius 2 is 1.78 bits per heavy atom. The summed E-state index contributed by atoms with van der Waals surface area (Å²) in [6.45, 7) is 7.03. The average Bonchev–Trinajstić information content (AvgIpc) is 3.08. The Kier molecular flexibility index (Phi) is 6.04. The second-order valence-electron chi connectivity index (χ2n) is 7.16. The Morgan fingerprint density at radius 1 is 1.15 bits per heavy atom. The van der Waals surface area contributed by atoms with Gasteiger partial charge in [0.2, 0.25) is 0 Å². The first kappa shape index (κ1) is 19.3. The van der Waals surface area contributed by atoms with E-state index in [4.69, 9.17) is 15.8 Å². The fraction of sp³-hybridized carbons (Fsp3) is 0.364. The number of rotatable bonds is 6. The van der Waals surface area contributed by atoms with E-state index in [2.05, 4.69) is 67.3 Å². The molecule has 1 atom stereocenters. The molecule has 0 spiro atoms. The molecule has 1 unspecified atom stereocenters. The second-order valence-corrected chi connectivity index (χ2v) is 7.16. The molecule has 0 saturated carbocycles. The Balaban J connectivity index is 2.00. The minimum absolute atomic E-state index is 0.227. The molecule has 2 aromatic rings. The summed E-state index contributed by atoms with van der Waals surface area (Å²) in [5.74, 6) is 0.823. The molecule has 0 saturated heterocycles. The van der Waals surface area contributed by atoms with Gasteiger partial charge in [-0.15, -0.1) is 0 Å². The summed E-state index contributed by atoms with van der Waals surface area (Å²) in [7, 11) is 2.05. The molecule has 0 aromatic heterocycles. The first-order chi connectivity index (χ1) is 13.1. The lowest BCUT2D eigenvalue weighted by atomic mass is 9.76. The highest BCUT2D eigenvalue weighted by Gasteiger charge is 2.41. The van der Waals surface area contributed by atoms with Crippen LogP contribution in [0.15, 0.2) is 70.8 Å². The van der Waals surface area contributed by atoms with Gasteiger partial charge in [-0.2, -0.15) is 5.10 Å². The van der Waals surface area contributed by atoms with E-state index >= 15 is 0 Å². The van der Waals surface area contributed by atoms with Gasteiger partial charge in [0.15, 0.2) is 0 Å². The molecule has 2 aromatic carbocycles. The van der Waals surface area contributed by atoms with Crippen molar-refractivity contribution >= 4 is 11.5 Å². The van der Waals surface area contributed by atoms with Crippen LogP contribution in [-0.4, -0.2) is 54.8 Å². The number of hydrogen-bond donors (Lipinski definition) is 1. The van der Waals surface area contributed by atoms with Gasteiger partial charge >= 0.3 is 0 Å². The van der Waals surface area contributed by atoms with Gasteiger partial charge in [0.25, 0.3) is 0 Å². The van der Waals surface area contributed by atoms with Gasteiger partial charge in [-0.05, 0) is 31.6 Å². The minimum Gasteiger partial charge on any atom is -0.324 e. The highest BCUT2D eigenvalue weighted by molar-refractivity contribution is 6.10. The zero-order valence-electron chi connectivity index (χ0n) is 16.5. The van der Waals surface area contributed by atoms with Crippen LogP contribution in [0.4, 0.5) is 0 Å². The molecule has 1 aliphatic rings. The highest BCUT2D eigenvalue weighted by Crippen LogP contribution is 2.35. The molecular weight excluding hydrogens is 334 g/mol. The van der Waals surface area contributed by atoms with E-state index in [0.717, 1.165) is 30.2 Å². The van der Waals surface area contributed by atoms with E-state index in [9.17, 15) is 0 Å². The van der Waals surface area contributed by atoms with Gasteiger partial charge in [-0.3, -0.25) is 9.89 Å². The average molecular weight is 364 g/mol. The number of hydrogen-bond acceptors (Lipinski definition) is 4. The third kappa shape index (κ3) is 4.10. The monoisotopic (exact) mass is 363 g/mol. The van der Waals surface area contributed by atoms with E-state index in [1.54, 1.807) is 0 Å². The Morgan fingerprint density at radius 3 is 2.37 bits per heavy atom. The maximum absolute atomic E-state index is 6.03. The number of benzene rings is 2. The molecule has 1 aliphatic heterocycles. The van der Waals surface area contributed by atoms with Crippen LogP contribution in [0.3, 0.4) is 0 Å². The molecule has 0 fully saturated rings. The van der Waals surface area contributed by atoms with E-state index in [1.165, 1.54) is 5.56 Å². The van der Waals surface area contributed by atoms with Crippen molar-refractivity contribution in [2.24, 2.45) is 15.8 Å². The van der Waals surface area contributed by atoms with Gasteiger partial charge in [-0.1, -0.05) is 67.6 Å². The summed E-state index contributed by atoms with van der Waals surface area (Å²) in [5, 5.41) is 6.97. The predicted octanol–water partition coefficient (Wildman–Crippen LogP) is 2.93. The molecular formula is C22H29N5. The summed E-state index contributed by atoms with van der Waals surface area (Å²) in [6, 6.07) is 20.9. The maximum atomic E-state index is 6.03. The number of nitrogens with two attached hydrogens (primary N) is 1. The van der Waals surface area contributed by atoms with Crippen LogP contribution in [-0.2, 0) is 5.41 Å². The largest absolute Gasteiger partial charge is 0.324 e. The fourth-order valence-corrected chi connectivity index (χ4v) is 3.35. The predicted molar refractivity (Wildman–Crippen MR) is 113 cm³/mol. The molecule has 3 rings (SSSR count). The molecule has 0 radical (unpaired) electrons.